The van der Waals surface area contributed by atoms with Crippen molar-refractivity contribution >= 4 is 22.5 Å². The third-order valence-electron chi connectivity index (χ3n) is 5.82. The van der Waals surface area contributed by atoms with Crippen molar-refractivity contribution in [3.05, 3.63) is 103 Å². The Morgan fingerprint density at radius 1 is 0.733 bits per heavy atom. The molecule has 0 saturated heterocycles. The lowest BCUT2D eigenvalue weighted by atomic mass is 10.1. The number of hydrogen-bond donors (Lipinski definition) is 0. The average Bonchev–Trinajstić information content (AvgIpc) is 3.42. The third kappa shape index (κ3) is 2.61. The van der Waals surface area contributed by atoms with Crippen molar-refractivity contribution in [3.8, 4) is 16.8 Å². The summed E-state index contributed by atoms with van der Waals surface area (Å²) in [7, 11) is 0. The molecule has 144 valence electrons. The van der Waals surface area contributed by atoms with Gasteiger partial charge in [-0.2, -0.15) is 0 Å². The largest absolute Gasteiger partial charge is 0.325 e. The molecule has 0 unspecified atom stereocenters. The predicted octanol–water partition coefficient (Wildman–Crippen LogP) is 5.78. The topological polar surface area (TPSA) is 34.0 Å². The molecule has 5 aromatic rings. The van der Waals surface area contributed by atoms with Gasteiger partial charge in [0.15, 0.2) is 5.65 Å². The van der Waals surface area contributed by atoms with Gasteiger partial charge < -0.3 is 9.47 Å². The molecule has 0 N–H and O–H groups in total. The van der Waals surface area contributed by atoms with Gasteiger partial charge in [-0.05, 0) is 35.7 Å². The highest BCUT2D eigenvalue weighted by molar-refractivity contribution is 6.03. The number of benzene rings is 3. The zero-order valence-corrected chi connectivity index (χ0v) is 16.4. The first kappa shape index (κ1) is 17.0. The monoisotopic (exact) mass is 388 g/mol. The lowest BCUT2D eigenvalue weighted by molar-refractivity contribution is 0.971. The molecule has 0 bridgehead atoms. The van der Waals surface area contributed by atoms with Crippen molar-refractivity contribution in [2.24, 2.45) is 0 Å². The van der Waals surface area contributed by atoms with E-state index < -0.39 is 0 Å². The summed E-state index contributed by atoms with van der Waals surface area (Å²) in [4.78, 5) is 11.8. The number of nitrogens with zero attached hydrogens (tertiary/aromatic N) is 4. The number of rotatable bonds is 3. The predicted molar refractivity (Wildman–Crippen MR) is 121 cm³/mol. The Morgan fingerprint density at radius 3 is 2.30 bits per heavy atom. The molecule has 6 rings (SSSR count). The zero-order chi connectivity index (χ0) is 19.9. The van der Waals surface area contributed by atoms with Crippen LogP contribution in [0.1, 0.15) is 5.56 Å². The highest BCUT2D eigenvalue weighted by Gasteiger charge is 2.26. The lowest BCUT2D eigenvalue weighted by Gasteiger charge is -2.19. The first-order valence-corrected chi connectivity index (χ1v) is 10.2. The highest BCUT2D eigenvalue weighted by atomic mass is 15.2. The maximum Gasteiger partial charge on any atom is 0.150 e. The minimum Gasteiger partial charge on any atom is -0.325 e. The Bertz CT molecular complexity index is 1340. The smallest absolute Gasteiger partial charge is 0.150 e. The molecule has 3 aromatic carbocycles. The van der Waals surface area contributed by atoms with Gasteiger partial charge in [0.1, 0.15) is 12.1 Å². The van der Waals surface area contributed by atoms with Crippen LogP contribution < -0.4 is 4.90 Å². The van der Waals surface area contributed by atoms with Crippen LogP contribution in [0.4, 0.5) is 11.5 Å². The van der Waals surface area contributed by atoms with Crippen LogP contribution in [0, 0.1) is 0 Å². The molecule has 0 spiro atoms. The molecular weight excluding hydrogens is 368 g/mol. The molecule has 1 aliphatic rings. The second-order valence-electron chi connectivity index (χ2n) is 7.54. The Balaban J connectivity index is 1.65. The first-order valence-electron chi connectivity index (χ1n) is 10.2. The summed E-state index contributed by atoms with van der Waals surface area (Å²) in [6, 6.07) is 29.5. The zero-order valence-electron chi connectivity index (χ0n) is 16.4. The molecule has 0 aliphatic carbocycles. The van der Waals surface area contributed by atoms with Gasteiger partial charge >= 0.3 is 0 Å². The van der Waals surface area contributed by atoms with Crippen molar-refractivity contribution < 1.29 is 0 Å². The number of aromatic nitrogens is 3. The summed E-state index contributed by atoms with van der Waals surface area (Å²) in [6.45, 7) is 0.927. The van der Waals surface area contributed by atoms with Crippen LogP contribution in [0.3, 0.4) is 0 Å². The second kappa shape index (κ2) is 6.85. The maximum absolute atomic E-state index is 4.78. The van der Waals surface area contributed by atoms with E-state index in [0.29, 0.717) is 0 Å². The molecule has 3 heterocycles. The fourth-order valence-electron chi connectivity index (χ4n) is 4.43. The van der Waals surface area contributed by atoms with Gasteiger partial charge in [-0.25, -0.2) is 9.97 Å². The molecule has 0 radical (unpaired) electrons. The number of hydrogen-bond acceptors (Lipinski definition) is 3. The standard InChI is InChI=1S/C26H20N4/c1-3-9-19(10-4-1)22-17-30(21-12-5-2-6-13-21)26-24(22)25(27-18-28-26)29-16-15-20-11-7-8-14-23(20)29/h1-14,17-18H,15-16H2. The number of para-hydroxylation sites is 2. The van der Waals surface area contributed by atoms with Crippen LogP contribution in [0.5, 0.6) is 0 Å². The van der Waals surface area contributed by atoms with Gasteiger partial charge in [0.2, 0.25) is 0 Å². The fraction of sp³-hybridized carbons (Fsp3) is 0.0769. The van der Waals surface area contributed by atoms with Crippen molar-refractivity contribution in [1.29, 1.82) is 0 Å². The fourth-order valence-corrected chi connectivity index (χ4v) is 4.43. The van der Waals surface area contributed by atoms with Crippen molar-refractivity contribution in [2.45, 2.75) is 6.42 Å². The Labute approximate surface area is 175 Å². The van der Waals surface area contributed by atoms with Crippen molar-refractivity contribution in [2.75, 3.05) is 11.4 Å². The molecule has 2 aromatic heterocycles. The van der Waals surface area contributed by atoms with E-state index in [1.54, 1.807) is 6.33 Å². The molecular formula is C26H20N4. The Hall–Kier alpha value is -3.92. The summed E-state index contributed by atoms with van der Waals surface area (Å²) in [5, 5.41) is 1.09. The summed E-state index contributed by atoms with van der Waals surface area (Å²) >= 11 is 0. The molecule has 0 amide bonds. The van der Waals surface area contributed by atoms with Gasteiger partial charge in [-0.15, -0.1) is 0 Å². The van der Waals surface area contributed by atoms with Crippen molar-refractivity contribution in [3.63, 3.8) is 0 Å². The molecule has 30 heavy (non-hydrogen) atoms. The maximum atomic E-state index is 4.78. The van der Waals surface area contributed by atoms with Gasteiger partial charge in [0.25, 0.3) is 0 Å². The first-order chi connectivity index (χ1) is 14.9. The van der Waals surface area contributed by atoms with E-state index in [0.717, 1.165) is 41.1 Å². The van der Waals surface area contributed by atoms with Gasteiger partial charge in [0, 0.05) is 29.7 Å². The Morgan fingerprint density at radius 2 is 1.47 bits per heavy atom. The second-order valence-corrected chi connectivity index (χ2v) is 7.54. The van der Waals surface area contributed by atoms with Crippen LogP contribution in [-0.4, -0.2) is 21.1 Å². The van der Waals surface area contributed by atoms with Crippen molar-refractivity contribution in [1.82, 2.24) is 14.5 Å². The molecule has 1 aliphatic heterocycles. The van der Waals surface area contributed by atoms with E-state index in [2.05, 4.69) is 88.5 Å². The molecule has 0 saturated carbocycles. The summed E-state index contributed by atoms with van der Waals surface area (Å²) in [5.74, 6) is 0.971. The average molecular weight is 388 g/mol. The Kier molecular flexibility index (Phi) is 3.88. The van der Waals surface area contributed by atoms with E-state index in [1.165, 1.54) is 16.8 Å². The highest BCUT2D eigenvalue weighted by Crippen LogP contribution is 2.41. The van der Waals surface area contributed by atoms with E-state index in [1.807, 2.05) is 12.1 Å². The van der Waals surface area contributed by atoms with Crippen LogP contribution in [0.15, 0.2) is 97.5 Å². The van der Waals surface area contributed by atoms with Crippen LogP contribution >= 0.6 is 0 Å². The lowest BCUT2D eigenvalue weighted by Crippen LogP contribution is -2.15. The van der Waals surface area contributed by atoms with E-state index in [4.69, 9.17) is 9.97 Å². The summed E-state index contributed by atoms with van der Waals surface area (Å²) in [5.41, 5.74) is 6.94. The minimum atomic E-state index is 0.925. The summed E-state index contributed by atoms with van der Waals surface area (Å²) in [6.07, 6.45) is 4.91. The van der Waals surface area contributed by atoms with Crippen LogP contribution in [-0.2, 0) is 6.42 Å². The van der Waals surface area contributed by atoms with Gasteiger partial charge in [-0.3, -0.25) is 0 Å². The van der Waals surface area contributed by atoms with Crippen LogP contribution in [0.2, 0.25) is 0 Å². The molecule has 0 atom stereocenters. The number of fused-ring (bicyclic) bond motifs is 2. The summed E-state index contributed by atoms with van der Waals surface area (Å²) < 4.78 is 2.17. The van der Waals surface area contributed by atoms with E-state index >= 15 is 0 Å². The molecule has 0 fully saturated rings. The molecule has 4 heteroatoms. The van der Waals surface area contributed by atoms with Gasteiger partial charge in [-0.1, -0.05) is 66.7 Å². The van der Waals surface area contributed by atoms with E-state index in [-0.39, 0.29) is 0 Å². The third-order valence-corrected chi connectivity index (χ3v) is 5.82. The van der Waals surface area contributed by atoms with Gasteiger partial charge in [0.05, 0.1) is 5.39 Å². The number of anilines is 2. The van der Waals surface area contributed by atoms with Crippen LogP contribution in [0.25, 0.3) is 27.8 Å². The normalized spacial score (nSPS) is 13.0. The minimum absolute atomic E-state index is 0.925. The quantitative estimate of drug-likeness (QED) is 0.393. The van der Waals surface area contributed by atoms with E-state index in [9.17, 15) is 0 Å². The SMILES string of the molecule is c1ccc(-c2cn(-c3ccccc3)c3ncnc(N4CCc5ccccc54)c23)cc1. The molecule has 4 nitrogen and oxygen atoms in total.